The molecule has 1 aromatic heterocycles. The highest BCUT2D eigenvalue weighted by atomic mass is 127. The van der Waals surface area contributed by atoms with E-state index in [4.69, 9.17) is 19.2 Å². The fourth-order valence-electron chi connectivity index (χ4n) is 4.79. The van der Waals surface area contributed by atoms with Crippen molar-refractivity contribution in [2.75, 3.05) is 19.8 Å². The van der Waals surface area contributed by atoms with Gasteiger partial charge in [0, 0.05) is 14.7 Å². The first kappa shape index (κ1) is 31.2. The molecule has 0 N–H and O–H groups in total. The van der Waals surface area contributed by atoms with Crippen molar-refractivity contribution >= 4 is 74.3 Å². The van der Waals surface area contributed by atoms with E-state index in [-0.39, 0.29) is 12.2 Å². The van der Waals surface area contributed by atoms with Crippen LogP contribution in [0, 0.1) is 7.14 Å². The molecule has 1 atom stereocenters. The molecule has 0 spiro atoms. The Labute approximate surface area is 280 Å². The number of ether oxygens (including phenoxy) is 3. The van der Waals surface area contributed by atoms with Crippen LogP contribution in [0.15, 0.2) is 94.7 Å². The van der Waals surface area contributed by atoms with Gasteiger partial charge in [-0.15, -0.1) is 0 Å². The standard InChI is InChI=1S/C33H28I2N2O5S/c1-4-16-42-30-22(17-23(34)19-25(30)35)18-26-31(38)37-29(21-12-14-24(15-13-21)40-5-2)27(32(39)41-6-3)28(36-33(37)43-26)20-10-8-7-9-11-20/h4,7-15,17-19,29H,1,5-6,16H2,2-3H3/b26-18-/t29-/m0/s1. The third-order valence-electron chi connectivity index (χ3n) is 6.55. The number of rotatable bonds is 10. The van der Waals surface area contributed by atoms with Gasteiger partial charge >= 0.3 is 5.97 Å². The number of fused-ring (bicyclic) bond motifs is 1. The molecule has 5 rings (SSSR count). The monoisotopic (exact) mass is 818 g/mol. The minimum atomic E-state index is -0.768. The summed E-state index contributed by atoms with van der Waals surface area (Å²) in [5.41, 5.74) is 2.78. The average Bonchev–Trinajstić information content (AvgIpc) is 3.31. The van der Waals surface area contributed by atoms with Crippen LogP contribution in [-0.4, -0.2) is 30.4 Å². The quantitative estimate of drug-likeness (QED) is 0.110. The van der Waals surface area contributed by atoms with Crippen LogP contribution in [0.3, 0.4) is 0 Å². The molecule has 1 aliphatic heterocycles. The molecular weight excluding hydrogens is 790 g/mol. The molecule has 220 valence electrons. The van der Waals surface area contributed by atoms with Crippen LogP contribution in [0.1, 0.15) is 36.6 Å². The van der Waals surface area contributed by atoms with Crippen molar-refractivity contribution in [2.45, 2.75) is 19.9 Å². The lowest BCUT2D eigenvalue weighted by Gasteiger charge is -2.26. The van der Waals surface area contributed by atoms with Gasteiger partial charge in [0.25, 0.3) is 5.56 Å². The van der Waals surface area contributed by atoms with E-state index in [2.05, 4.69) is 51.8 Å². The van der Waals surface area contributed by atoms with Gasteiger partial charge in [0.2, 0.25) is 0 Å². The van der Waals surface area contributed by atoms with Crippen molar-refractivity contribution in [2.24, 2.45) is 4.99 Å². The van der Waals surface area contributed by atoms with Gasteiger partial charge in [-0.1, -0.05) is 66.5 Å². The predicted octanol–water partition coefficient (Wildman–Crippen LogP) is 6.11. The molecule has 1 aliphatic rings. The van der Waals surface area contributed by atoms with Crippen molar-refractivity contribution < 1.29 is 19.0 Å². The van der Waals surface area contributed by atoms with Gasteiger partial charge in [-0.3, -0.25) is 9.36 Å². The first-order valence-electron chi connectivity index (χ1n) is 13.6. The van der Waals surface area contributed by atoms with Gasteiger partial charge < -0.3 is 14.2 Å². The Bertz CT molecular complexity index is 1880. The van der Waals surface area contributed by atoms with Gasteiger partial charge in [0.15, 0.2) is 4.80 Å². The van der Waals surface area contributed by atoms with Crippen molar-refractivity contribution in [3.05, 3.63) is 128 Å². The molecule has 2 heterocycles. The molecule has 10 heteroatoms. The molecule has 0 aliphatic carbocycles. The number of benzene rings is 3. The summed E-state index contributed by atoms with van der Waals surface area (Å²) >= 11 is 5.76. The maximum absolute atomic E-state index is 14.3. The van der Waals surface area contributed by atoms with E-state index in [1.54, 1.807) is 17.6 Å². The molecule has 0 amide bonds. The van der Waals surface area contributed by atoms with Gasteiger partial charge in [-0.05, 0) is 94.9 Å². The Morgan fingerprint density at radius 2 is 1.79 bits per heavy atom. The van der Waals surface area contributed by atoms with Crippen molar-refractivity contribution in [3.8, 4) is 11.5 Å². The molecule has 0 unspecified atom stereocenters. The van der Waals surface area contributed by atoms with Gasteiger partial charge in [0.1, 0.15) is 18.1 Å². The molecule has 4 aromatic rings. The first-order chi connectivity index (χ1) is 20.9. The van der Waals surface area contributed by atoms with E-state index >= 15 is 0 Å². The van der Waals surface area contributed by atoms with E-state index in [9.17, 15) is 9.59 Å². The molecule has 7 nitrogen and oxygen atoms in total. The minimum absolute atomic E-state index is 0.184. The Kier molecular flexibility index (Phi) is 10.2. The third-order valence-corrected chi connectivity index (χ3v) is 8.96. The van der Waals surface area contributed by atoms with Crippen LogP contribution < -0.4 is 24.4 Å². The van der Waals surface area contributed by atoms with E-state index in [1.807, 2.05) is 79.7 Å². The van der Waals surface area contributed by atoms with Crippen LogP contribution in [0.2, 0.25) is 0 Å². The average molecular weight is 818 g/mol. The molecule has 43 heavy (non-hydrogen) atoms. The number of nitrogens with zero attached hydrogens (tertiary/aromatic N) is 2. The summed E-state index contributed by atoms with van der Waals surface area (Å²) in [5, 5.41) is 0. The predicted molar refractivity (Wildman–Crippen MR) is 186 cm³/mol. The number of carbonyl (C=O) groups excluding carboxylic acids is 1. The summed E-state index contributed by atoms with van der Waals surface area (Å²) in [6.45, 7) is 8.48. The summed E-state index contributed by atoms with van der Waals surface area (Å²) in [6, 6.07) is 20.2. The highest BCUT2D eigenvalue weighted by Crippen LogP contribution is 2.36. The van der Waals surface area contributed by atoms with E-state index in [1.165, 1.54) is 11.3 Å². The lowest BCUT2D eigenvalue weighted by molar-refractivity contribution is -0.138. The molecule has 0 radical (unpaired) electrons. The second-order valence-corrected chi connectivity index (χ2v) is 12.8. The van der Waals surface area contributed by atoms with Gasteiger partial charge in [0.05, 0.1) is 38.6 Å². The summed E-state index contributed by atoms with van der Waals surface area (Å²) in [7, 11) is 0. The van der Waals surface area contributed by atoms with E-state index in [0.717, 1.165) is 23.8 Å². The highest BCUT2D eigenvalue weighted by molar-refractivity contribution is 14.1. The SMILES string of the molecule is C=CCOc1c(I)cc(I)cc1/C=c1\sc2n(c1=O)[C@@H](c1ccc(OCC)cc1)C(C(=O)OCC)=C(c1ccccc1)N=2. The summed E-state index contributed by atoms with van der Waals surface area (Å²) in [6.07, 6.45) is 3.52. The highest BCUT2D eigenvalue weighted by Gasteiger charge is 2.35. The Balaban J connectivity index is 1.80. The van der Waals surface area contributed by atoms with Gasteiger partial charge in [-0.25, -0.2) is 9.79 Å². The maximum atomic E-state index is 14.3. The zero-order valence-corrected chi connectivity index (χ0v) is 28.6. The van der Waals surface area contributed by atoms with E-state index < -0.39 is 12.0 Å². The lowest BCUT2D eigenvalue weighted by Crippen LogP contribution is -2.40. The first-order valence-corrected chi connectivity index (χ1v) is 16.6. The largest absolute Gasteiger partial charge is 0.494 e. The summed E-state index contributed by atoms with van der Waals surface area (Å²) in [4.78, 5) is 33.3. The topological polar surface area (TPSA) is 79.1 Å². The van der Waals surface area contributed by atoms with Gasteiger partial charge in [-0.2, -0.15) is 0 Å². The smallest absolute Gasteiger partial charge is 0.338 e. The molecule has 0 saturated heterocycles. The molecule has 0 fully saturated rings. The van der Waals surface area contributed by atoms with Crippen molar-refractivity contribution in [1.82, 2.24) is 4.57 Å². The number of esters is 1. The molecule has 0 bridgehead atoms. The van der Waals surface area contributed by atoms with Crippen LogP contribution >= 0.6 is 56.5 Å². The zero-order chi connectivity index (χ0) is 30.5. The fourth-order valence-corrected chi connectivity index (χ4v) is 7.83. The van der Waals surface area contributed by atoms with Crippen LogP contribution in [0.25, 0.3) is 11.8 Å². The Hall–Kier alpha value is -3.23. The number of hydrogen-bond donors (Lipinski definition) is 0. The normalized spacial score (nSPS) is 14.6. The summed E-state index contributed by atoms with van der Waals surface area (Å²) < 4.78 is 21.2. The molecular formula is C33H28I2N2O5S. The van der Waals surface area contributed by atoms with Crippen molar-refractivity contribution in [1.29, 1.82) is 0 Å². The maximum Gasteiger partial charge on any atom is 0.338 e. The van der Waals surface area contributed by atoms with Crippen molar-refractivity contribution in [3.63, 3.8) is 0 Å². The number of thiazole rings is 1. The third kappa shape index (κ3) is 6.65. The van der Waals surface area contributed by atoms with Crippen LogP contribution in [-0.2, 0) is 9.53 Å². The molecule has 3 aromatic carbocycles. The fraction of sp³-hybridized carbons (Fsp3) is 0.182. The second kappa shape index (κ2) is 14.0. The number of hydrogen-bond acceptors (Lipinski definition) is 7. The summed E-state index contributed by atoms with van der Waals surface area (Å²) in [5.74, 6) is 0.849. The van der Waals surface area contributed by atoms with E-state index in [0.29, 0.717) is 45.3 Å². The number of carbonyl (C=O) groups is 1. The number of halogens is 2. The van der Waals surface area contributed by atoms with Crippen LogP contribution in [0.4, 0.5) is 0 Å². The number of aromatic nitrogens is 1. The minimum Gasteiger partial charge on any atom is -0.494 e. The zero-order valence-electron chi connectivity index (χ0n) is 23.5. The lowest BCUT2D eigenvalue weighted by atomic mass is 9.93. The second-order valence-electron chi connectivity index (χ2n) is 9.34. The Morgan fingerprint density at radius 1 is 1.05 bits per heavy atom. The van der Waals surface area contributed by atoms with Crippen LogP contribution in [0.5, 0.6) is 11.5 Å². The molecule has 0 saturated carbocycles. The Morgan fingerprint density at radius 3 is 2.47 bits per heavy atom.